The Kier molecular flexibility index (Phi) is 11.0. The van der Waals surface area contributed by atoms with Gasteiger partial charge in [0.05, 0.1) is 0 Å². The Bertz CT molecular complexity index is 430. The summed E-state index contributed by atoms with van der Waals surface area (Å²) in [5.41, 5.74) is 1.11. The molecule has 0 radical (unpaired) electrons. The third-order valence-electron chi connectivity index (χ3n) is 4.04. The Morgan fingerprint density at radius 2 is 1.87 bits per heavy atom. The van der Waals surface area contributed by atoms with E-state index in [-0.39, 0.29) is 24.0 Å². The molecule has 130 valence electrons. The van der Waals surface area contributed by atoms with Crippen molar-refractivity contribution in [2.75, 3.05) is 39.8 Å². The Morgan fingerprint density at radius 1 is 1.13 bits per heavy atom. The summed E-state index contributed by atoms with van der Waals surface area (Å²) in [6, 6.07) is 6.02. The van der Waals surface area contributed by atoms with Crippen LogP contribution in [0.3, 0.4) is 0 Å². The SMILES string of the molecule is CN=C(NCCc1ccccn1)NCCN1CCCCCC1.I. The molecule has 1 saturated heterocycles. The molecule has 5 nitrogen and oxygen atoms in total. The van der Waals surface area contributed by atoms with Gasteiger partial charge in [-0.2, -0.15) is 0 Å². The number of aromatic nitrogens is 1. The van der Waals surface area contributed by atoms with Crippen LogP contribution in [0.2, 0.25) is 0 Å². The number of halogens is 1. The van der Waals surface area contributed by atoms with Gasteiger partial charge in [0, 0.05) is 45.0 Å². The summed E-state index contributed by atoms with van der Waals surface area (Å²) in [7, 11) is 1.82. The van der Waals surface area contributed by atoms with Crippen LogP contribution in [0.1, 0.15) is 31.4 Å². The second-order valence-electron chi connectivity index (χ2n) is 5.75. The van der Waals surface area contributed by atoms with Crippen LogP contribution in [0, 0.1) is 0 Å². The van der Waals surface area contributed by atoms with Gasteiger partial charge in [-0.1, -0.05) is 18.9 Å². The number of nitrogens with zero attached hydrogens (tertiary/aromatic N) is 3. The third-order valence-corrected chi connectivity index (χ3v) is 4.04. The van der Waals surface area contributed by atoms with E-state index in [0.717, 1.165) is 37.7 Å². The predicted octanol–water partition coefficient (Wildman–Crippen LogP) is 2.28. The molecule has 1 fully saturated rings. The van der Waals surface area contributed by atoms with Gasteiger partial charge in [0.15, 0.2) is 5.96 Å². The Hall–Kier alpha value is -0.890. The van der Waals surface area contributed by atoms with Gasteiger partial charge >= 0.3 is 0 Å². The topological polar surface area (TPSA) is 52.6 Å². The molecule has 0 atom stereocenters. The van der Waals surface area contributed by atoms with Crippen LogP contribution in [0.5, 0.6) is 0 Å². The van der Waals surface area contributed by atoms with Crippen molar-refractivity contribution < 1.29 is 0 Å². The first-order valence-electron chi connectivity index (χ1n) is 8.45. The molecule has 0 aliphatic carbocycles. The number of rotatable bonds is 6. The molecule has 1 aromatic heterocycles. The normalized spacial score (nSPS) is 16.3. The number of aliphatic imine (C=N–C) groups is 1. The molecular formula is C17H30IN5. The number of nitrogens with one attached hydrogen (secondary N) is 2. The molecule has 0 saturated carbocycles. The quantitative estimate of drug-likeness (QED) is 0.412. The molecule has 23 heavy (non-hydrogen) atoms. The number of hydrogen-bond donors (Lipinski definition) is 2. The summed E-state index contributed by atoms with van der Waals surface area (Å²) in [6.45, 7) is 5.38. The standard InChI is InChI=1S/C17H29N5.HI/c1-18-17(20-11-9-16-8-4-5-10-19-16)21-12-15-22-13-6-2-3-7-14-22;/h4-5,8,10H,2-3,6-7,9,11-15H2,1H3,(H2,18,20,21);1H. The summed E-state index contributed by atoms with van der Waals surface area (Å²) in [5.74, 6) is 0.880. The first-order chi connectivity index (χ1) is 10.9. The number of guanidine groups is 1. The summed E-state index contributed by atoms with van der Waals surface area (Å²) in [6.07, 6.45) is 8.21. The highest BCUT2D eigenvalue weighted by atomic mass is 127. The largest absolute Gasteiger partial charge is 0.356 e. The molecule has 2 rings (SSSR count). The van der Waals surface area contributed by atoms with Crippen molar-refractivity contribution >= 4 is 29.9 Å². The molecule has 0 unspecified atom stereocenters. The zero-order valence-electron chi connectivity index (χ0n) is 14.1. The van der Waals surface area contributed by atoms with E-state index in [1.165, 1.54) is 38.8 Å². The fraction of sp³-hybridized carbons (Fsp3) is 0.647. The highest BCUT2D eigenvalue weighted by Gasteiger charge is 2.08. The van der Waals surface area contributed by atoms with Crippen LogP contribution < -0.4 is 10.6 Å². The average Bonchev–Trinajstić information content (AvgIpc) is 2.83. The van der Waals surface area contributed by atoms with E-state index < -0.39 is 0 Å². The Labute approximate surface area is 157 Å². The van der Waals surface area contributed by atoms with Gasteiger partial charge in [-0.15, -0.1) is 24.0 Å². The van der Waals surface area contributed by atoms with Gasteiger partial charge in [-0.05, 0) is 38.1 Å². The van der Waals surface area contributed by atoms with Gasteiger partial charge < -0.3 is 15.5 Å². The maximum Gasteiger partial charge on any atom is 0.191 e. The van der Waals surface area contributed by atoms with Crippen LogP contribution in [0.15, 0.2) is 29.4 Å². The average molecular weight is 431 g/mol. The lowest BCUT2D eigenvalue weighted by Gasteiger charge is -2.20. The predicted molar refractivity (Wildman–Crippen MR) is 108 cm³/mol. The molecule has 1 aromatic rings. The summed E-state index contributed by atoms with van der Waals surface area (Å²) in [5, 5.41) is 6.75. The van der Waals surface area contributed by atoms with E-state index in [2.05, 4.69) is 31.6 Å². The van der Waals surface area contributed by atoms with Crippen molar-refractivity contribution in [2.24, 2.45) is 4.99 Å². The van der Waals surface area contributed by atoms with E-state index in [0.29, 0.717) is 0 Å². The first-order valence-corrected chi connectivity index (χ1v) is 8.45. The molecule has 0 amide bonds. The summed E-state index contributed by atoms with van der Waals surface area (Å²) < 4.78 is 0. The molecule has 6 heteroatoms. The van der Waals surface area contributed by atoms with Crippen LogP contribution in [0.4, 0.5) is 0 Å². The minimum atomic E-state index is 0. The fourth-order valence-electron chi connectivity index (χ4n) is 2.77. The van der Waals surface area contributed by atoms with E-state index >= 15 is 0 Å². The zero-order valence-corrected chi connectivity index (χ0v) is 16.5. The lowest BCUT2D eigenvalue weighted by Crippen LogP contribution is -2.42. The third kappa shape index (κ3) is 8.50. The van der Waals surface area contributed by atoms with Gasteiger partial charge in [0.1, 0.15) is 0 Å². The lowest BCUT2D eigenvalue weighted by molar-refractivity contribution is 0.289. The lowest BCUT2D eigenvalue weighted by atomic mass is 10.2. The van der Waals surface area contributed by atoms with Crippen LogP contribution in [-0.2, 0) is 6.42 Å². The molecular weight excluding hydrogens is 401 g/mol. The highest BCUT2D eigenvalue weighted by Crippen LogP contribution is 2.08. The van der Waals surface area contributed by atoms with Crippen LogP contribution in [0.25, 0.3) is 0 Å². The van der Waals surface area contributed by atoms with Crippen molar-refractivity contribution in [1.29, 1.82) is 0 Å². The first kappa shape index (κ1) is 20.2. The monoisotopic (exact) mass is 431 g/mol. The Balaban J connectivity index is 0.00000264. The fourth-order valence-corrected chi connectivity index (χ4v) is 2.77. The molecule has 2 N–H and O–H groups in total. The van der Waals surface area contributed by atoms with Gasteiger partial charge in [-0.3, -0.25) is 9.98 Å². The number of likely N-dealkylation sites (tertiary alicyclic amines) is 1. The van der Waals surface area contributed by atoms with Crippen molar-refractivity contribution in [3.05, 3.63) is 30.1 Å². The maximum atomic E-state index is 4.33. The molecule has 0 spiro atoms. The Morgan fingerprint density at radius 3 is 2.52 bits per heavy atom. The molecule has 1 aliphatic heterocycles. The van der Waals surface area contributed by atoms with Crippen LogP contribution in [-0.4, -0.2) is 55.6 Å². The second-order valence-corrected chi connectivity index (χ2v) is 5.75. The minimum Gasteiger partial charge on any atom is -0.356 e. The van der Waals surface area contributed by atoms with E-state index in [1.54, 1.807) is 0 Å². The summed E-state index contributed by atoms with van der Waals surface area (Å²) >= 11 is 0. The minimum absolute atomic E-state index is 0. The smallest absolute Gasteiger partial charge is 0.191 e. The van der Waals surface area contributed by atoms with Crippen molar-refractivity contribution in [3.8, 4) is 0 Å². The van der Waals surface area contributed by atoms with Crippen molar-refractivity contribution in [2.45, 2.75) is 32.1 Å². The molecule has 0 bridgehead atoms. The van der Waals surface area contributed by atoms with Crippen molar-refractivity contribution in [1.82, 2.24) is 20.5 Å². The van der Waals surface area contributed by atoms with E-state index in [4.69, 9.17) is 0 Å². The maximum absolute atomic E-state index is 4.33. The zero-order chi connectivity index (χ0) is 15.5. The molecule has 0 aromatic carbocycles. The number of pyridine rings is 1. The van der Waals surface area contributed by atoms with Gasteiger partial charge in [0.25, 0.3) is 0 Å². The molecule has 1 aliphatic rings. The van der Waals surface area contributed by atoms with E-state index in [9.17, 15) is 0 Å². The van der Waals surface area contributed by atoms with Gasteiger partial charge in [0.2, 0.25) is 0 Å². The van der Waals surface area contributed by atoms with E-state index in [1.807, 2.05) is 25.4 Å². The summed E-state index contributed by atoms with van der Waals surface area (Å²) in [4.78, 5) is 11.2. The number of hydrogen-bond acceptors (Lipinski definition) is 3. The van der Waals surface area contributed by atoms with Crippen LogP contribution >= 0.6 is 24.0 Å². The van der Waals surface area contributed by atoms with Gasteiger partial charge in [-0.25, -0.2) is 0 Å². The second kappa shape index (κ2) is 12.5. The highest BCUT2D eigenvalue weighted by molar-refractivity contribution is 14.0. The molecule has 2 heterocycles. The van der Waals surface area contributed by atoms with Crippen molar-refractivity contribution in [3.63, 3.8) is 0 Å².